The van der Waals surface area contributed by atoms with Gasteiger partial charge in [-0.3, -0.25) is 25.4 Å². The van der Waals surface area contributed by atoms with Gasteiger partial charge >= 0.3 is 6.03 Å². The molecule has 3 amide bonds. The fraction of sp³-hybridized carbons (Fsp3) is 0.0909. The van der Waals surface area contributed by atoms with Crippen molar-refractivity contribution in [2.24, 2.45) is 0 Å². The highest BCUT2D eigenvalue weighted by molar-refractivity contribution is 5.97. The predicted octanol–water partition coefficient (Wildman–Crippen LogP) is 3.58. The minimum absolute atomic E-state index is 0.0874. The molecule has 0 unspecified atom stereocenters. The Balaban J connectivity index is 1.59. The van der Waals surface area contributed by atoms with Crippen molar-refractivity contribution in [3.8, 4) is 11.5 Å². The summed E-state index contributed by atoms with van der Waals surface area (Å²) in [6.07, 6.45) is 1.48. The number of Topliss-reactive ketones (excluding diaryl/α,β-unsaturated/α-hetero) is 1. The Bertz CT molecular complexity index is 1120. The smallest absolute Gasteiger partial charge is 0.337 e. The zero-order valence-electron chi connectivity index (χ0n) is 16.9. The molecule has 9 heteroatoms. The van der Waals surface area contributed by atoms with Crippen molar-refractivity contribution in [2.45, 2.75) is 6.92 Å². The zero-order valence-corrected chi connectivity index (χ0v) is 16.9. The SMILES string of the molecule is CNC(=O)c1cc(Oc2cccc(NNC(=O)Nc3cccc(C(C)=O)c3)c2)ccn1. The lowest BCUT2D eigenvalue weighted by Gasteiger charge is -2.12. The lowest BCUT2D eigenvalue weighted by Crippen LogP contribution is -2.33. The molecule has 0 aliphatic heterocycles. The predicted molar refractivity (Wildman–Crippen MR) is 116 cm³/mol. The largest absolute Gasteiger partial charge is 0.457 e. The molecule has 3 rings (SSSR count). The van der Waals surface area contributed by atoms with Gasteiger partial charge in [0.05, 0.1) is 5.69 Å². The molecule has 0 fully saturated rings. The molecule has 0 saturated heterocycles. The Labute approximate surface area is 178 Å². The van der Waals surface area contributed by atoms with Gasteiger partial charge in [-0.2, -0.15) is 0 Å². The van der Waals surface area contributed by atoms with Crippen molar-refractivity contribution in [3.05, 3.63) is 78.1 Å². The first-order valence-corrected chi connectivity index (χ1v) is 9.34. The van der Waals surface area contributed by atoms with Gasteiger partial charge in [0, 0.05) is 36.6 Å². The number of urea groups is 1. The number of nitrogens with zero attached hydrogens (tertiary/aromatic N) is 1. The third-order valence-electron chi connectivity index (χ3n) is 4.11. The van der Waals surface area contributed by atoms with Crippen molar-refractivity contribution in [1.82, 2.24) is 15.7 Å². The van der Waals surface area contributed by atoms with Gasteiger partial charge in [-0.15, -0.1) is 0 Å². The summed E-state index contributed by atoms with van der Waals surface area (Å²) >= 11 is 0. The normalized spacial score (nSPS) is 10.0. The van der Waals surface area contributed by atoms with Crippen LogP contribution in [-0.4, -0.2) is 29.8 Å². The zero-order chi connectivity index (χ0) is 22.2. The number of hydrazine groups is 1. The maximum absolute atomic E-state index is 12.1. The van der Waals surface area contributed by atoms with Crippen molar-refractivity contribution in [1.29, 1.82) is 0 Å². The number of nitrogens with one attached hydrogen (secondary N) is 4. The van der Waals surface area contributed by atoms with E-state index >= 15 is 0 Å². The fourth-order valence-corrected chi connectivity index (χ4v) is 2.61. The molecule has 0 atom stereocenters. The number of hydrogen-bond donors (Lipinski definition) is 4. The summed E-state index contributed by atoms with van der Waals surface area (Å²) in [6, 6.07) is 16.2. The van der Waals surface area contributed by atoms with Crippen LogP contribution in [0.1, 0.15) is 27.8 Å². The van der Waals surface area contributed by atoms with E-state index in [0.717, 1.165) is 0 Å². The quantitative estimate of drug-likeness (QED) is 0.343. The number of hydrogen-bond acceptors (Lipinski definition) is 6. The molecule has 3 aromatic rings. The van der Waals surface area contributed by atoms with E-state index in [1.165, 1.54) is 26.2 Å². The number of benzene rings is 2. The van der Waals surface area contributed by atoms with Gasteiger partial charge in [-0.25, -0.2) is 4.79 Å². The average molecular weight is 419 g/mol. The monoisotopic (exact) mass is 419 g/mol. The number of anilines is 2. The molecule has 0 saturated carbocycles. The van der Waals surface area contributed by atoms with Crippen LogP contribution in [-0.2, 0) is 0 Å². The van der Waals surface area contributed by atoms with Crippen molar-refractivity contribution < 1.29 is 19.1 Å². The highest BCUT2D eigenvalue weighted by Crippen LogP contribution is 2.24. The number of ketones is 1. The molecule has 0 aliphatic rings. The number of pyridine rings is 1. The number of rotatable bonds is 7. The molecule has 9 nitrogen and oxygen atoms in total. The van der Waals surface area contributed by atoms with Crippen LogP contribution in [0.5, 0.6) is 11.5 Å². The maximum Gasteiger partial charge on any atom is 0.337 e. The van der Waals surface area contributed by atoms with Gasteiger partial charge in [0.2, 0.25) is 0 Å². The van der Waals surface area contributed by atoms with Crippen molar-refractivity contribution in [2.75, 3.05) is 17.8 Å². The van der Waals surface area contributed by atoms with E-state index in [1.807, 2.05) is 0 Å². The number of ether oxygens (including phenoxy) is 1. The standard InChI is InChI=1S/C22H21N5O4/c1-14(28)15-5-3-6-16(11-15)25-22(30)27-26-17-7-4-8-18(12-17)31-19-9-10-24-20(13-19)21(29)23-2/h3-13,26H,1-2H3,(H,23,29)(H2,25,27,30). The van der Waals surface area contributed by atoms with Crippen molar-refractivity contribution in [3.63, 3.8) is 0 Å². The van der Waals surface area contributed by atoms with Gasteiger partial charge in [-0.1, -0.05) is 18.2 Å². The van der Waals surface area contributed by atoms with Crippen LogP contribution in [0.2, 0.25) is 0 Å². The molecule has 1 aromatic heterocycles. The number of carbonyl (C=O) groups excluding carboxylic acids is 3. The summed E-state index contributed by atoms with van der Waals surface area (Å²) < 4.78 is 5.77. The summed E-state index contributed by atoms with van der Waals surface area (Å²) in [5, 5.41) is 5.15. The lowest BCUT2D eigenvalue weighted by atomic mass is 10.1. The first kappa shape index (κ1) is 21.3. The summed E-state index contributed by atoms with van der Waals surface area (Å²) in [7, 11) is 1.52. The Hall–Kier alpha value is -4.40. The van der Waals surface area contributed by atoms with Crippen LogP contribution < -0.4 is 26.2 Å². The molecule has 0 spiro atoms. The van der Waals surface area contributed by atoms with Crippen LogP contribution in [0.4, 0.5) is 16.2 Å². The Kier molecular flexibility index (Phi) is 6.79. The molecule has 158 valence electrons. The van der Waals surface area contributed by atoms with Crippen molar-refractivity contribution >= 4 is 29.1 Å². The average Bonchev–Trinajstić information content (AvgIpc) is 2.78. The molecular formula is C22H21N5O4. The fourth-order valence-electron chi connectivity index (χ4n) is 2.61. The second kappa shape index (κ2) is 9.88. The van der Waals surface area contributed by atoms with Crippen LogP contribution in [0.15, 0.2) is 66.9 Å². The molecule has 4 N–H and O–H groups in total. The van der Waals surface area contributed by atoms with E-state index < -0.39 is 6.03 Å². The Morgan fingerprint density at radius 3 is 2.42 bits per heavy atom. The van der Waals surface area contributed by atoms with Crippen LogP contribution >= 0.6 is 0 Å². The molecule has 1 heterocycles. The topological polar surface area (TPSA) is 121 Å². The van der Waals surface area contributed by atoms with E-state index in [9.17, 15) is 14.4 Å². The number of carbonyl (C=O) groups is 3. The van der Waals surface area contributed by atoms with E-state index in [0.29, 0.717) is 28.4 Å². The Morgan fingerprint density at radius 1 is 0.903 bits per heavy atom. The lowest BCUT2D eigenvalue weighted by molar-refractivity contribution is 0.0956. The number of aromatic nitrogens is 1. The highest BCUT2D eigenvalue weighted by atomic mass is 16.5. The van der Waals surface area contributed by atoms with Gasteiger partial charge in [-0.05, 0) is 37.3 Å². The van der Waals surface area contributed by atoms with Gasteiger partial charge in [0.25, 0.3) is 5.91 Å². The summed E-state index contributed by atoms with van der Waals surface area (Å²) in [4.78, 5) is 39.3. The minimum atomic E-state index is -0.503. The summed E-state index contributed by atoms with van der Waals surface area (Å²) in [5.41, 5.74) is 7.11. The van der Waals surface area contributed by atoms with E-state index in [-0.39, 0.29) is 17.4 Å². The molecule has 0 bridgehead atoms. The van der Waals surface area contributed by atoms with Gasteiger partial charge in [0.15, 0.2) is 5.78 Å². The van der Waals surface area contributed by atoms with Gasteiger partial charge < -0.3 is 15.4 Å². The van der Waals surface area contributed by atoms with E-state index in [2.05, 4.69) is 26.5 Å². The first-order valence-electron chi connectivity index (χ1n) is 9.34. The van der Waals surface area contributed by atoms with Crippen LogP contribution in [0.3, 0.4) is 0 Å². The van der Waals surface area contributed by atoms with Gasteiger partial charge in [0.1, 0.15) is 17.2 Å². The van der Waals surface area contributed by atoms with Crippen LogP contribution in [0.25, 0.3) is 0 Å². The third kappa shape index (κ3) is 6.04. The minimum Gasteiger partial charge on any atom is -0.457 e. The second-order valence-electron chi connectivity index (χ2n) is 6.43. The van der Waals surface area contributed by atoms with E-state index in [4.69, 9.17) is 4.74 Å². The Morgan fingerprint density at radius 2 is 1.65 bits per heavy atom. The molecule has 0 aliphatic carbocycles. The summed E-state index contributed by atoms with van der Waals surface area (Å²) in [5.74, 6) is 0.540. The highest BCUT2D eigenvalue weighted by Gasteiger charge is 2.08. The molecule has 31 heavy (non-hydrogen) atoms. The number of amides is 3. The third-order valence-corrected chi connectivity index (χ3v) is 4.11. The maximum atomic E-state index is 12.1. The summed E-state index contributed by atoms with van der Waals surface area (Å²) in [6.45, 7) is 1.46. The molecule has 0 radical (unpaired) electrons. The molecular weight excluding hydrogens is 398 g/mol. The first-order chi connectivity index (χ1) is 14.9. The van der Waals surface area contributed by atoms with E-state index in [1.54, 1.807) is 54.6 Å². The van der Waals surface area contributed by atoms with Crippen LogP contribution in [0, 0.1) is 0 Å². The second-order valence-corrected chi connectivity index (χ2v) is 6.43. The molecule has 2 aromatic carbocycles.